The Balaban J connectivity index is 0. The molecule has 0 saturated carbocycles. The molecule has 0 aromatic rings. The molecule has 0 amide bonds. The molecule has 10 heteroatoms. The van der Waals surface area contributed by atoms with Crippen molar-refractivity contribution in [1.82, 2.24) is 0 Å². The fourth-order valence-electron chi connectivity index (χ4n) is 1.68. The van der Waals surface area contributed by atoms with Crippen LogP contribution in [0, 0.1) is 0 Å². The van der Waals surface area contributed by atoms with Gasteiger partial charge in [0.2, 0.25) is 0 Å². The lowest BCUT2D eigenvalue weighted by molar-refractivity contribution is -0.140. The number of hydrogen-bond donors (Lipinski definition) is 0. The van der Waals surface area contributed by atoms with E-state index in [4.69, 9.17) is 22.4 Å². The van der Waals surface area contributed by atoms with Crippen LogP contribution in [0.1, 0.15) is 27.2 Å². The maximum atomic E-state index is 11.0. The average molecular weight is 409 g/mol. The van der Waals surface area contributed by atoms with Gasteiger partial charge in [0.05, 0.1) is 6.61 Å². The molecule has 0 radical (unpaired) electrons. The van der Waals surface area contributed by atoms with E-state index in [2.05, 4.69) is 6.58 Å². The summed E-state index contributed by atoms with van der Waals surface area (Å²) >= 11 is 0. The summed E-state index contributed by atoms with van der Waals surface area (Å²) in [6.07, 6.45) is 0.753. The van der Waals surface area contributed by atoms with Crippen molar-refractivity contribution in [2.24, 2.45) is 0 Å². The molecule has 0 aliphatic rings. The SMILES string of the molecule is C=C(C)C(=O)OCCC[Si](C)(OC)OC.CC(=O)O[Si](C)(C)OC(C)=O. The van der Waals surface area contributed by atoms with Gasteiger partial charge in [0.25, 0.3) is 11.9 Å². The van der Waals surface area contributed by atoms with Crippen molar-refractivity contribution in [3.8, 4) is 0 Å². The van der Waals surface area contributed by atoms with E-state index < -0.39 is 29.1 Å². The van der Waals surface area contributed by atoms with Crippen molar-refractivity contribution in [1.29, 1.82) is 0 Å². The van der Waals surface area contributed by atoms with E-state index in [9.17, 15) is 14.4 Å². The zero-order chi connectivity index (χ0) is 21.0. The molecular weight excluding hydrogens is 376 g/mol. The van der Waals surface area contributed by atoms with Crippen LogP contribution in [0.5, 0.6) is 0 Å². The smallest absolute Gasteiger partial charge is 0.457 e. The summed E-state index contributed by atoms with van der Waals surface area (Å²) in [6.45, 7) is 13.3. The Kier molecular flexibility index (Phi) is 13.2. The number of carbonyl (C=O) groups is 3. The highest BCUT2D eigenvalue weighted by Gasteiger charge is 2.31. The van der Waals surface area contributed by atoms with Gasteiger partial charge < -0.3 is 22.4 Å². The summed E-state index contributed by atoms with van der Waals surface area (Å²) in [4.78, 5) is 32.0. The highest BCUT2D eigenvalue weighted by molar-refractivity contribution is 6.67. The standard InChI is InChI=1S/C10H20O4Si.C6H12O4Si/c1-9(2)10(11)14-7-6-8-15(5,12-3)13-4;1-5(7)9-11(3,4)10-6(2)8/h1,6-8H2,2-5H3;1-4H3. The normalized spacial score (nSPS) is 10.9. The number of rotatable bonds is 9. The lowest BCUT2D eigenvalue weighted by Gasteiger charge is -2.22. The second-order valence-corrected chi connectivity index (χ2v) is 12.9. The van der Waals surface area contributed by atoms with Gasteiger partial charge in [0.15, 0.2) is 0 Å². The largest absolute Gasteiger partial charge is 0.485 e. The van der Waals surface area contributed by atoms with Crippen LogP contribution < -0.4 is 0 Å². The summed E-state index contributed by atoms with van der Waals surface area (Å²) in [5, 5.41) is 0. The van der Waals surface area contributed by atoms with Crippen molar-refractivity contribution in [2.75, 3.05) is 20.8 Å². The number of carbonyl (C=O) groups excluding carboxylic acids is 3. The minimum Gasteiger partial charge on any atom is -0.485 e. The van der Waals surface area contributed by atoms with Crippen molar-refractivity contribution in [3.05, 3.63) is 12.2 Å². The third-order valence-electron chi connectivity index (χ3n) is 3.00. The third kappa shape index (κ3) is 14.8. The van der Waals surface area contributed by atoms with Crippen molar-refractivity contribution in [3.63, 3.8) is 0 Å². The summed E-state index contributed by atoms with van der Waals surface area (Å²) < 4.78 is 25.2. The van der Waals surface area contributed by atoms with Crippen LogP contribution in [-0.4, -0.2) is 55.9 Å². The van der Waals surface area contributed by atoms with Crippen molar-refractivity contribution < 1.29 is 36.8 Å². The first-order valence-corrected chi connectivity index (χ1v) is 13.4. The molecule has 0 heterocycles. The van der Waals surface area contributed by atoms with Gasteiger partial charge in [0.1, 0.15) is 0 Å². The predicted octanol–water partition coefficient (Wildman–Crippen LogP) is 2.68. The first-order chi connectivity index (χ1) is 11.8. The minimum atomic E-state index is -2.53. The maximum absolute atomic E-state index is 11.0. The monoisotopic (exact) mass is 408 g/mol. The van der Waals surface area contributed by atoms with Crippen LogP contribution in [0.3, 0.4) is 0 Å². The Morgan fingerprint density at radius 1 is 0.885 bits per heavy atom. The van der Waals surface area contributed by atoms with E-state index in [0.717, 1.165) is 12.5 Å². The van der Waals surface area contributed by atoms with E-state index in [-0.39, 0.29) is 5.97 Å². The van der Waals surface area contributed by atoms with Gasteiger partial charge in [-0.3, -0.25) is 9.59 Å². The maximum Gasteiger partial charge on any atom is 0.457 e. The Morgan fingerprint density at radius 3 is 1.62 bits per heavy atom. The quantitative estimate of drug-likeness (QED) is 0.249. The van der Waals surface area contributed by atoms with Gasteiger partial charge in [0, 0.05) is 46.7 Å². The Hall–Kier alpha value is -1.50. The van der Waals surface area contributed by atoms with Crippen molar-refractivity contribution in [2.45, 2.75) is 52.9 Å². The molecule has 0 fully saturated rings. The van der Waals surface area contributed by atoms with Crippen LogP contribution in [0.15, 0.2) is 12.2 Å². The Labute approximate surface area is 158 Å². The van der Waals surface area contributed by atoms with E-state index in [1.165, 1.54) is 13.8 Å². The average Bonchev–Trinajstić information content (AvgIpc) is 2.48. The molecule has 0 rings (SSSR count). The van der Waals surface area contributed by atoms with Crippen LogP contribution in [0.4, 0.5) is 0 Å². The zero-order valence-corrected chi connectivity index (χ0v) is 19.1. The van der Waals surface area contributed by atoms with Gasteiger partial charge in [-0.2, -0.15) is 0 Å². The molecule has 0 unspecified atom stereocenters. The summed E-state index contributed by atoms with van der Waals surface area (Å²) in [5.74, 6) is -1.17. The van der Waals surface area contributed by atoms with Gasteiger partial charge in [-0.25, -0.2) is 4.79 Å². The first kappa shape index (κ1) is 26.7. The molecule has 0 saturated heterocycles. The topological polar surface area (TPSA) is 97.4 Å². The van der Waals surface area contributed by atoms with Gasteiger partial charge >= 0.3 is 23.1 Å². The lowest BCUT2D eigenvalue weighted by Crippen LogP contribution is -2.38. The van der Waals surface area contributed by atoms with Gasteiger partial charge in [-0.05, 0) is 25.9 Å². The highest BCUT2D eigenvalue weighted by Crippen LogP contribution is 2.13. The molecule has 0 atom stereocenters. The lowest BCUT2D eigenvalue weighted by atomic mass is 10.4. The van der Waals surface area contributed by atoms with Crippen LogP contribution in [0.25, 0.3) is 0 Å². The van der Waals surface area contributed by atoms with E-state index in [0.29, 0.717) is 12.2 Å². The highest BCUT2D eigenvalue weighted by atomic mass is 28.4. The Morgan fingerprint density at radius 2 is 1.31 bits per heavy atom. The second kappa shape index (κ2) is 12.8. The van der Waals surface area contributed by atoms with Crippen molar-refractivity contribution >= 4 is 35.0 Å². The fourth-order valence-corrected chi connectivity index (χ4v) is 4.47. The van der Waals surface area contributed by atoms with Gasteiger partial charge in [-0.15, -0.1) is 0 Å². The second-order valence-electron chi connectivity index (χ2n) is 6.15. The van der Waals surface area contributed by atoms with Crippen LogP contribution in [-0.2, 0) is 36.8 Å². The Bertz CT molecular complexity index is 469. The molecule has 0 N–H and O–H groups in total. The molecule has 0 bridgehead atoms. The van der Waals surface area contributed by atoms with E-state index >= 15 is 0 Å². The fraction of sp³-hybridized carbons (Fsp3) is 0.688. The van der Waals surface area contributed by atoms with E-state index in [1.54, 1.807) is 34.2 Å². The minimum absolute atomic E-state index is 0.340. The zero-order valence-electron chi connectivity index (χ0n) is 17.1. The molecule has 152 valence electrons. The molecule has 8 nitrogen and oxygen atoms in total. The van der Waals surface area contributed by atoms with Gasteiger partial charge in [-0.1, -0.05) is 6.58 Å². The molecule has 0 aromatic carbocycles. The number of esters is 1. The number of ether oxygens (including phenoxy) is 1. The van der Waals surface area contributed by atoms with E-state index in [1.807, 2.05) is 6.55 Å². The molecule has 0 aliphatic heterocycles. The third-order valence-corrected chi connectivity index (χ3v) is 7.55. The molecule has 0 spiro atoms. The summed E-state index contributed by atoms with van der Waals surface area (Å²) in [7, 11) is -1.24. The molecular formula is C16H32O8Si2. The predicted molar refractivity (Wildman–Crippen MR) is 102 cm³/mol. The molecule has 26 heavy (non-hydrogen) atoms. The molecule has 0 aliphatic carbocycles. The number of hydrogen-bond acceptors (Lipinski definition) is 8. The van der Waals surface area contributed by atoms with Crippen LogP contribution >= 0.6 is 0 Å². The molecule has 0 aromatic heterocycles. The summed E-state index contributed by atoms with van der Waals surface area (Å²) in [6, 6.07) is 0.809. The first-order valence-electron chi connectivity index (χ1n) is 8.10. The van der Waals surface area contributed by atoms with Crippen LogP contribution in [0.2, 0.25) is 25.7 Å². The summed E-state index contributed by atoms with van der Waals surface area (Å²) in [5.41, 5.74) is 0.425.